The van der Waals surface area contributed by atoms with Gasteiger partial charge in [0.2, 0.25) is 0 Å². The minimum absolute atomic E-state index is 0.123. The summed E-state index contributed by atoms with van der Waals surface area (Å²) in [5, 5.41) is 10.1. The topological polar surface area (TPSA) is 59.7 Å². The van der Waals surface area contributed by atoms with Gasteiger partial charge in [-0.1, -0.05) is 18.2 Å². The van der Waals surface area contributed by atoms with Crippen molar-refractivity contribution in [3.8, 4) is 11.5 Å². The van der Waals surface area contributed by atoms with Crippen molar-refractivity contribution in [2.45, 2.75) is 6.61 Å². The molecule has 0 atom stereocenters. The Morgan fingerprint density at radius 2 is 1.85 bits per heavy atom. The summed E-state index contributed by atoms with van der Waals surface area (Å²) in [6.07, 6.45) is 0. The number of fused-ring (bicyclic) bond motifs is 1. The second-order valence-electron chi connectivity index (χ2n) is 4.38. The number of benzene rings is 2. The lowest BCUT2D eigenvalue weighted by Gasteiger charge is -2.06. The van der Waals surface area contributed by atoms with E-state index < -0.39 is 5.63 Å². The molecule has 0 saturated heterocycles. The fourth-order valence-electron chi connectivity index (χ4n) is 1.93. The summed E-state index contributed by atoms with van der Waals surface area (Å²) in [6.45, 7) is 0.123. The first kappa shape index (κ1) is 12.3. The zero-order valence-electron chi connectivity index (χ0n) is 10.6. The molecular formula is C16H12O4. The second kappa shape index (κ2) is 5.09. The first-order valence-electron chi connectivity index (χ1n) is 6.16. The van der Waals surface area contributed by atoms with Crippen LogP contribution in [0.2, 0.25) is 0 Å². The van der Waals surface area contributed by atoms with Gasteiger partial charge in [0.25, 0.3) is 0 Å². The van der Waals surface area contributed by atoms with Crippen LogP contribution in [0.25, 0.3) is 11.0 Å². The molecule has 0 amide bonds. The quantitative estimate of drug-likeness (QED) is 0.741. The Kier molecular flexibility index (Phi) is 3.13. The maximum atomic E-state index is 11.8. The van der Waals surface area contributed by atoms with Gasteiger partial charge in [-0.25, -0.2) is 4.79 Å². The molecule has 3 aromatic rings. The van der Waals surface area contributed by atoms with E-state index in [0.717, 1.165) is 0 Å². The summed E-state index contributed by atoms with van der Waals surface area (Å²) in [7, 11) is 0. The molecule has 0 bridgehead atoms. The Morgan fingerprint density at radius 1 is 1.05 bits per heavy atom. The van der Waals surface area contributed by atoms with E-state index in [2.05, 4.69) is 0 Å². The van der Waals surface area contributed by atoms with Crippen LogP contribution in [0.1, 0.15) is 5.56 Å². The van der Waals surface area contributed by atoms with E-state index in [1.54, 1.807) is 18.2 Å². The van der Waals surface area contributed by atoms with Gasteiger partial charge in [-0.15, -0.1) is 0 Å². The largest absolute Gasteiger partial charge is 0.508 e. The number of rotatable bonds is 3. The summed E-state index contributed by atoms with van der Waals surface area (Å²) in [5.41, 5.74) is 0.419. The maximum absolute atomic E-state index is 11.8. The highest BCUT2D eigenvalue weighted by Crippen LogP contribution is 2.20. The zero-order valence-corrected chi connectivity index (χ0v) is 10.6. The van der Waals surface area contributed by atoms with Gasteiger partial charge in [-0.3, -0.25) is 0 Å². The summed E-state index contributed by atoms with van der Waals surface area (Å²) in [6, 6.07) is 15.5. The minimum Gasteiger partial charge on any atom is -0.508 e. The van der Waals surface area contributed by atoms with Crippen LogP contribution in [0.3, 0.4) is 0 Å². The molecular weight excluding hydrogens is 256 g/mol. The van der Waals surface area contributed by atoms with Crippen LogP contribution in [0.4, 0.5) is 0 Å². The SMILES string of the molecule is O=c1oc2ccc(O)cc2cc1COc1ccccc1. The molecule has 0 saturated carbocycles. The standard InChI is InChI=1S/C16H12O4/c17-13-6-7-15-11(9-13)8-12(16(18)20-15)10-19-14-4-2-1-3-5-14/h1-9,17H,10H2. The summed E-state index contributed by atoms with van der Waals surface area (Å²) < 4.78 is 10.7. The molecule has 100 valence electrons. The van der Waals surface area contributed by atoms with Crippen LogP contribution >= 0.6 is 0 Å². The molecule has 1 heterocycles. The molecule has 4 heteroatoms. The van der Waals surface area contributed by atoms with E-state index in [1.165, 1.54) is 6.07 Å². The molecule has 4 nitrogen and oxygen atoms in total. The molecule has 20 heavy (non-hydrogen) atoms. The monoisotopic (exact) mass is 268 g/mol. The molecule has 0 aliphatic heterocycles. The number of aromatic hydroxyl groups is 1. The Hall–Kier alpha value is -2.75. The van der Waals surface area contributed by atoms with E-state index in [0.29, 0.717) is 22.3 Å². The van der Waals surface area contributed by atoms with Gasteiger partial charge in [0.1, 0.15) is 23.7 Å². The minimum atomic E-state index is -0.431. The van der Waals surface area contributed by atoms with Crippen LogP contribution in [-0.2, 0) is 6.61 Å². The van der Waals surface area contributed by atoms with Gasteiger partial charge in [0, 0.05) is 5.39 Å². The summed E-state index contributed by atoms with van der Waals surface area (Å²) in [4.78, 5) is 11.8. The third-order valence-electron chi connectivity index (χ3n) is 2.93. The van der Waals surface area contributed by atoms with Gasteiger partial charge in [-0.05, 0) is 36.4 Å². The molecule has 0 spiro atoms. The van der Waals surface area contributed by atoms with E-state index in [-0.39, 0.29) is 12.4 Å². The number of hydrogen-bond acceptors (Lipinski definition) is 4. The van der Waals surface area contributed by atoms with E-state index in [4.69, 9.17) is 9.15 Å². The molecule has 0 aliphatic carbocycles. The number of para-hydroxylation sites is 1. The van der Waals surface area contributed by atoms with Crippen molar-refractivity contribution in [2.75, 3.05) is 0 Å². The predicted octanol–water partition coefficient (Wildman–Crippen LogP) is 3.08. The van der Waals surface area contributed by atoms with Crippen molar-refractivity contribution in [3.63, 3.8) is 0 Å². The predicted molar refractivity (Wildman–Crippen MR) is 74.9 cm³/mol. The molecule has 1 N–H and O–H groups in total. The molecule has 1 aromatic heterocycles. The molecule has 0 fully saturated rings. The van der Waals surface area contributed by atoms with Gasteiger partial charge in [0.05, 0.1) is 5.56 Å². The lowest BCUT2D eigenvalue weighted by molar-refractivity contribution is 0.300. The van der Waals surface area contributed by atoms with E-state index in [1.807, 2.05) is 30.3 Å². The smallest absolute Gasteiger partial charge is 0.342 e. The van der Waals surface area contributed by atoms with Crippen molar-refractivity contribution >= 4 is 11.0 Å². The highest BCUT2D eigenvalue weighted by atomic mass is 16.5. The average molecular weight is 268 g/mol. The lowest BCUT2D eigenvalue weighted by atomic mass is 10.2. The van der Waals surface area contributed by atoms with Gasteiger partial charge in [-0.2, -0.15) is 0 Å². The van der Waals surface area contributed by atoms with Crippen molar-refractivity contribution in [1.82, 2.24) is 0 Å². The lowest BCUT2D eigenvalue weighted by Crippen LogP contribution is -2.10. The number of hydrogen-bond donors (Lipinski definition) is 1. The van der Waals surface area contributed by atoms with Crippen LogP contribution in [0.5, 0.6) is 11.5 Å². The van der Waals surface area contributed by atoms with Crippen molar-refractivity contribution in [1.29, 1.82) is 0 Å². The average Bonchev–Trinajstić information content (AvgIpc) is 2.46. The molecule has 0 radical (unpaired) electrons. The van der Waals surface area contributed by atoms with Crippen molar-refractivity contribution < 1.29 is 14.3 Å². The number of ether oxygens (including phenoxy) is 1. The fourth-order valence-corrected chi connectivity index (χ4v) is 1.93. The maximum Gasteiger partial charge on any atom is 0.342 e. The highest BCUT2D eigenvalue weighted by Gasteiger charge is 2.06. The molecule has 0 unspecified atom stereocenters. The first-order valence-corrected chi connectivity index (χ1v) is 6.16. The van der Waals surface area contributed by atoms with Gasteiger partial charge < -0.3 is 14.3 Å². The van der Waals surface area contributed by atoms with Crippen LogP contribution in [-0.4, -0.2) is 5.11 Å². The third kappa shape index (κ3) is 2.49. The molecule has 3 rings (SSSR count). The van der Waals surface area contributed by atoms with Gasteiger partial charge >= 0.3 is 5.63 Å². The van der Waals surface area contributed by atoms with Crippen LogP contribution in [0.15, 0.2) is 63.8 Å². The summed E-state index contributed by atoms with van der Waals surface area (Å²) in [5.74, 6) is 0.809. The zero-order chi connectivity index (χ0) is 13.9. The van der Waals surface area contributed by atoms with Gasteiger partial charge in [0.15, 0.2) is 0 Å². The van der Waals surface area contributed by atoms with Crippen LogP contribution in [0, 0.1) is 0 Å². The molecule has 0 aliphatic rings. The first-order chi connectivity index (χ1) is 9.72. The van der Waals surface area contributed by atoms with E-state index in [9.17, 15) is 9.90 Å². The van der Waals surface area contributed by atoms with Crippen molar-refractivity contribution in [3.05, 3.63) is 70.6 Å². The number of phenols is 1. The normalized spacial score (nSPS) is 10.6. The Labute approximate surface area is 114 Å². The second-order valence-corrected chi connectivity index (χ2v) is 4.38. The van der Waals surface area contributed by atoms with Crippen LogP contribution < -0.4 is 10.4 Å². The highest BCUT2D eigenvalue weighted by molar-refractivity contribution is 5.78. The Balaban J connectivity index is 1.91. The van der Waals surface area contributed by atoms with Crippen molar-refractivity contribution in [2.24, 2.45) is 0 Å². The summed E-state index contributed by atoms with van der Waals surface area (Å²) >= 11 is 0. The Bertz CT molecular complexity index is 790. The third-order valence-corrected chi connectivity index (χ3v) is 2.93. The van der Waals surface area contributed by atoms with E-state index >= 15 is 0 Å². The Morgan fingerprint density at radius 3 is 2.65 bits per heavy atom. The fraction of sp³-hybridized carbons (Fsp3) is 0.0625. The number of phenolic OH excluding ortho intramolecular Hbond substituents is 1. The molecule has 2 aromatic carbocycles.